The van der Waals surface area contributed by atoms with Crippen LogP contribution in [0.4, 0.5) is 0 Å². The molecular formula is C16H13ClO4. The number of benzene rings is 1. The summed E-state index contributed by atoms with van der Waals surface area (Å²) in [5, 5.41) is -0.572. The van der Waals surface area contributed by atoms with E-state index < -0.39 is 5.24 Å². The summed E-state index contributed by atoms with van der Waals surface area (Å²) < 4.78 is 10.5. The normalized spacial score (nSPS) is 10.8. The molecule has 21 heavy (non-hydrogen) atoms. The van der Waals surface area contributed by atoms with Crippen LogP contribution in [0.3, 0.4) is 0 Å². The summed E-state index contributed by atoms with van der Waals surface area (Å²) in [7, 11) is 0. The van der Waals surface area contributed by atoms with Crippen molar-refractivity contribution in [3.8, 4) is 11.3 Å². The number of carbonyl (C=O) groups excluding carboxylic acids is 2. The number of rotatable bonds is 5. The minimum atomic E-state index is -0.572. The first-order valence-electron chi connectivity index (χ1n) is 6.35. The number of furan rings is 1. The van der Waals surface area contributed by atoms with E-state index in [1.807, 2.05) is 6.07 Å². The summed E-state index contributed by atoms with van der Waals surface area (Å²) in [6.45, 7) is 2.08. The van der Waals surface area contributed by atoms with Crippen molar-refractivity contribution >= 4 is 28.9 Å². The molecule has 0 aliphatic rings. The molecule has 0 aliphatic heterocycles. The Balaban J connectivity index is 2.24. The van der Waals surface area contributed by atoms with Crippen LogP contribution in [0.2, 0.25) is 0 Å². The zero-order chi connectivity index (χ0) is 15.2. The second-order valence-electron chi connectivity index (χ2n) is 4.14. The fourth-order valence-electron chi connectivity index (χ4n) is 1.76. The molecule has 0 atom stereocenters. The van der Waals surface area contributed by atoms with Gasteiger partial charge in [0, 0.05) is 11.6 Å². The Morgan fingerprint density at radius 3 is 2.81 bits per heavy atom. The van der Waals surface area contributed by atoms with Gasteiger partial charge in [-0.2, -0.15) is 0 Å². The lowest BCUT2D eigenvalue weighted by Gasteiger charge is -2.03. The molecule has 2 rings (SSSR count). The first-order chi connectivity index (χ1) is 10.1. The van der Waals surface area contributed by atoms with Crippen LogP contribution in [-0.4, -0.2) is 17.8 Å². The summed E-state index contributed by atoms with van der Waals surface area (Å²) in [6.07, 6.45) is 2.69. The van der Waals surface area contributed by atoms with E-state index in [1.54, 1.807) is 37.3 Å². The molecule has 0 radical (unpaired) electrons. The molecule has 0 amide bonds. The van der Waals surface area contributed by atoms with Crippen molar-refractivity contribution in [1.29, 1.82) is 0 Å². The van der Waals surface area contributed by atoms with Gasteiger partial charge >= 0.3 is 5.97 Å². The van der Waals surface area contributed by atoms with E-state index in [2.05, 4.69) is 0 Å². The minimum absolute atomic E-state index is 0.325. The number of hydrogen-bond donors (Lipinski definition) is 0. The monoisotopic (exact) mass is 304 g/mol. The molecule has 1 heterocycles. The quantitative estimate of drug-likeness (QED) is 0.477. The van der Waals surface area contributed by atoms with Crippen molar-refractivity contribution in [3.63, 3.8) is 0 Å². The Kier molecular flexibility index (Phi) is 4.95. The number of hydrogen-bond acceptors (Lipinski definition) is 4. The Bertz CT molecular complexity index is 685. The van der Waals surface area contributed by atoms with Crippen molar-refractivity contribution in [2.75, 3.05) is 6.61 Å². The Hall–Kier alpha value is -2.33. The van der Waals surface area contributed by atoms with E-state index >= 15 is 0 Å². The van der Waals surface area contributed by atoms with Gasteiger partial charge in [-0.05, 0) is 48.9 Å². The third kappa shape index (κ3) is 4.07. The fraction of sp³-hybridized carbons (Fsp3) is 0.125. The Labute approximate surface area is 127 Å². The van der Waals surface area contributed by atoms with Gasteiger partial charge in [0.1, 0.15) is 11.5 Å². The molecule has 1 aromatic carbocycles. The average molecular weight is 305 g/mol. The van der Waals surface area contributed by atoms with E-state index in [4.69, 9.17) is 20.8 Å². The van der Waals surface area contributed by atoms with E-state index in [0.29, 0.717) is 23.7 Å². The SMILES string of the molecule is CCOC(=O)c1cccc(-c2ccc(/C=C/C(=O)Cl)o2)c1. The number of ether oxygens (including phenoxy) is 1. The third-order valence-electron chi connectivity index (χ3n) is 2.66. The van der Waals surface area contributed by atoms with Gasteiger partial charge in [0.15, 0.2) is 0 Å². The van der Waals surface area contributed by atoms with Gasteiger partial charge in [-0.3, -0.25) is 4.79 Å². The van der Waals surface area contributed by atoms with Crippen LogP contribution >= 0.6 is 11.6 Å². The molecule has 0 aliphatic carbocycles. The maximum Gasteiger partial charge on any atom is 0.338 e. The van der Waals surface area contributed by atoms with E-state index in [1.165, 1.54) is 12.2 Å². The number of carbonyl (C=O) groups is 2. The molecule has 0 fully saturated rings. The second kappa shape index (κ2) is 6.90. The average Bonchev–Trinajstić information content (AvgIpc) is 2.94. The lowest BCUT2D eigenvalue weighted by Crippen LogP contribution is -2.04. The second-order valence-corrected chi connectivity index (χ2v) is 4.51. The lowest BCUT2D eigenvalue weighted by molar-refractivity contribution is -0.107. The van der Waals surface area contributed by atoms with E-state index in [0.717, 1.165) is 5.56 Å². The van der Waals surface area contributed by atoms with Crippen LogP contribution in [0.15, 0.2) is 46.9 Å². The van der Waals surface area contributed by atoms with Crippen LogP contribution in [0.5, 0.6) is 0 Å². The maximum absolute atomic E-state index is 11.7. The highest BCUT2D eigenvalue weighted by Crippen LogP contribution is 2.24. The van der Waals surface area contributed by atoms with Gasteiger partial charge in [0.05, 0.1) is 12.2 Å². The van der Waals surface area contributed by atoms with Gasteiger partial charge in [0.25, 0.3) is 0 Å². The predicted molar refractivity (Wildman–Crippen MR) is 80.0 cm³/mol. The highest BCUT2D eigenvalue weighted by molar-refractivity contribution is 6.66. The van der Waals surface area contributed by atoms with Crippen molar-refractivity contribution < 1.29 is 18.7 Å². The molecule has 5 heteroatoms. The lowest BCUT2D eigenvalue weighted by atomic mass is 10.1. The summed E-state index contributed by atoms with van der Waals surface area (Å²) in [5.41, 5.74) is 1.20. The smallest absolute Gasteiger partial charge is 0.338 e. The Morgan fingerprint density at radius 1 is 1.29 bits per heavy atom. The molecule has 0 saturated heterocycles. The summed E-state index contributed by atoms with van der Waals surface area (Å²) in [6, 6.07) is 10.4. The predicted octanol–water partition coefficient (Wildman–Crippen LogP) is 3.90. The molecule has 0 spiro atoms. The molecule has 0 unspecified atom stereocenters. The molecule has 108 valence electrons. The van der Waals surface area contributed by atoms with Crippen LogP contribution in [-0.2, 0) is 9.53 Å². The summed E-state index contributed by atoms with van der Waals surface area (Å²) in [4.78, 5) is 22.4. The Morgan fingerprint density at radius 2 is 2.10 bits per heavy atom. The number of halogens is 1. The summed E-state index contributed by atoms with van der Waals surface area (Å²) in [5.74, 6) is 0.710. The maximum atomic E-state index is 11.7. The zero-order valence-electron chi connectivity index (χ0n) is 11.3. The molecule has 0 N–H and O–H groups in total. The van der Waals surface area contributed by atoms with Gasteiger partial charge < -0.3 is 9.15 Å². The first-order valence-corrected chi connectivity index (χ1v) is 6.73. The molecule has 0 bridgehead atoms. The number of esters is 1. The molecule has 4 nitrogen and oxygen atoms in total. The molecular weight excluding hydrogens is 292 g/mol. The highest BCUT2D eigenvalue weighted by Gasteiger charge is 2.09. The zero-order valence-corrected chi connectivity index (χ0v) is 12.1. The largest absolute Gasteiger partial charge is 0.462 e. The fourth-order valence-corrected chi connectivity index (χ4v) is 1.82. The molecule has 1 aromatic heterocycles. The van der Waals surface area contributed by atoms with Crippen LogP contribution in [0.25, 0.3) is 17.4 Å². The van der Waals surface area contributed by atoms with Gasteiger partial charge in [-0.25, -0.2) is 4.79 Å². The minimum Gasteiger partial charge on any atom is -0.462 e. The van der Waals surface area contributed by atoms with Gasteiger partial charge in [-0.15, -0.1) is 0 Å². The van der Waals surface area contributed by atoms with Gasteiger partial charge in [-0.1, -0.05) is 12.1 Å². The first kappa shape index (κ1) is 15.1. The topological polar surface area (TPSA) is 56.5 Å². The van der Waals surface area contributed by atoms with Crippen molar-refractivity contribution in [2.24, 2.45) is 0 Å². The number of allylic oxidation sites excluding steroid dienone is 1. The highest BCUT2D eigenvalue weighted by atomic mass is 35.5. The van der Waals surface area contributed by atoms with Gasteiger partial charge in [0.2, 0.25) is 5.24 Å². The molecule has 0 saturated carbocycles. The van der Waals surface area contributed by atoms with Crippen LogP contribution < -0.4 is 0 Å². The summed E-state index contributed by atoms with van der Waals surface area (Å²) >= 11 is 5.22. The molecule has 2 aromatic rings. The van der Waals surface area contributed by atoms with Crippen molar-refractivity contribution in [1.82, 2.24) is 0 Å². The van der Waals surface area contributed by atoms with Crippen molar-refractivity contribution in [2.45, 2.75) is 6.92 Å². The van der Waals surface area contributed by atoms with E-state index in [9.17, 15) is 9.59 Å². The van der Waals surface area contributed by atoms with Crippen LogP contribution in [0.1, 0.15) is 23.0 Å². The van der Waals surface area contributed by atoms with E-state index in [-0.39, 0.29) is 5.97 Å². The standard InChI is InChI=1S/C16H13ClO4/c1-2-20-16(19)12-5-3-4-11(10-12)14-8-6-13(21-14)7-9-15(17)18/h3-10H,2H2,1H3/b9-7+. The van der Waals surface area contributed by atoms with Crippen molar-refractivity contribution in [3.05, 3.63) is 53.8 Å². The third-order valence-corrected chi connectivity index (χ3v) is 2.79. The van der Waals surface area contributed by atoms with Crippen LogP contribution in [0, 0.1) is 0 Å².